The van der Waals surface area contributed by atoms with Gasteiger partial charge >= 0.3 is 5.97 Å². The van der Waals surface area contributed by atoms with Crippen molar-refractivity contribution in [2.75, 3.05) is 11.9 Å². The minimum absolute atomic E-state index is 0.0447. The molecule has 24 heavy (non-hydrogen) atoms. The highest BCUT2D eigenvalue weighted by molar-refractivity contribution is 5.95. The number of aryl methyl sites for hydroxylation is 1. The summed E-state index contributed by atoms with van der Waals surface area (Å²) in [5.41, 5.74) is 2.88. The Kier molecular flexibility index (Phi) is 5.73. The monoisotopic (exact) mass is 330 g/mol. The lowest BCUT2D eigenvalue weighted by Crippen LogP contribution is -2.16. The van der Waals surface area contributed by atoms with Crippen LogP contribution in [0.2, 0.25) is 0 Å². The molecule has 1 aromatic carbocycles. The number of carbonyl (C=O) groups is 2. The molecule has 0 fully saturated rings. The van der Waals surface area contributed by atoms with Gasteiger partial charge in [0.25, 0.3) is 5.56 Å². The summed E-state index contributed by atoms with van der Waals surface area (Å²) in [6.45, 7) is 5.90. The molecule has 2 rings (SSSR count). The number of fused-ring (bicyclic) bond motifs is 1. The van der Waals surface area contributed by atoms with E-state index < -0.39 is 5.97 Å². The maximum atomic E-state index is 12.1. The summed E-state index contributed by atoms with van der Waals surface area (Å²) in [6, 6.07) is 5.39. The van der Waals surface area contributed by atoms with Gasteiger partial charge < -0.3 is 15.0 Å². The molecule has 6 heteroatoms. The first kappa shape index (κ1) is 17.7. The highest BCUT2D eigenvalue weighted by Crippen LogP contribution is 2.21. The van der Waals surface area contributed by atoms with Crippen LogP contribution in [0.1, 0.15) is 37.8 Å². The fourth-order valence-electron chi connectivity index (χ4n) is 2.68. The Hall–Kier alpha value is -2.63. The number of benzene rings is 1. The number of esters is 1. The van der Waals surface area contributed by atoms with Gasteiger partial charge in [0, 0.05) is 23.1 Å². The van der Waals surface area contributed by atoms with E-state index in [0.717, 1.165) is 16.5 Å². The van der Waals surface area contributed by atoms with Crippen molar-refractivity contribution in [3.63, 3.8) is 0 Å². The number of hydrogen-bond donors (Lipinski definition) is 2. The number of nitrogens with one attached hydrogen (secondary N) is 2. The molecule has 1 amide bonds. The topological polar surface area (TPSA) is 88.3 Å². The number of H-pyrrole nitrogens is 1. The largest absolute Gasteiger partial charge is 0.466 e. The minimum Gasteiger partial charge on any atom is -0.466 e. The first-order valence-electron chi connectivity index (χ1n) is 8.07. The van der Waals surface area contributed by atoms with Crippen LogP contribution in [0.4, 0.5) is 5.69 Å². The number of ether oxygens (including phenoxy) is 1. The van der Waals surface area contributed by atoms with Crippen molar-refractivity contribution in [3.05, 3.63) is 39.7 Å². The fraction of sp³-hybridized carbons (Fsp3) is 0.389. The van der Waals surface area contributed by atoms with Gasteiger partial charge in [-0.05, 0) is 38.0 Å². The van der Waals surface area contributed by atoms with Gasteiger partial charge in [0.1, 0.15) is 0 Å². The van der Waals surface area contributed by atoms with Crippen LogP contribution in [0, 0.1) is 6.92 Å². The standard InChI is InChI=1S/C18H22N2O4/c1-4-13-11(3)14-7-6-12(10-15(14)20-18(13)23)19-16(21)8-9-17(22)24-5-2/h6-7,10H,4-5,8-9H2,1-3H3,(H,19,21)(H,20,23). The minimum atomic E-state index is -0.391. The maximum absolute atomic E-state index is 12.1. The van der Waals surface area contributed by atoms with Crippen LogP contribution >= 0.6 is 0 Å². The molecular formula is C18H22N2O4. The summed E-state index contributed by atoms with van der Waals surface area (Å²) < 4.78 is 4.79. The first-order valence-corrected chi connectivity index (χ1v) is 8.07. The third-order valence-electron chi connectivity index (χ3n) is 3.90. The van der Waals surface area contributed by atoms with E-state index in [4.69, 9.17) is 4.74 Å². The Bertz CT molecular complexity index is 824. The van der Waals surface area contributed by atoms with Crippen LogP contribution < -0.4 is 10.9 Å². The Balaban J connectivity index is 2.15. The summed E-state index contributed by atoms with van der Waals surface area (Å²) in [4.78, 5) is 38.1. The average Bonchev–Trinajstić information content (AvgIpc) is 2.53. The van der Waals surface area contributed by atoms with Gasteiger partial charge in [-0.25, -0.2) is 0 Å². The number of aromatic amines is 1. The number of amides is 1. The Morgan fingerprint density at radius 2 is 1.96 bits per heavy atom. The fourth-order valence-corrected chi connectivity index (χ4v) is 2.68. The normalized spacial score (nSPS) is 10.6. The lowest BCUT2D eigenvalue weighted by Gasteiger charge is -2.10. The molecule has 0 aliphatic rings. The highest BCUT2D eigenvalue weighted by Gasteiger charge is 2.10. The summed E-state index contributed by atoms with van der Waals surface area (Å²) >= 11 is 0. The predicted molar refractivity (Wildman–Crippen MR) is 93.2 cm³/mol. The number of pyridine rings is 1. The van der Waals surface area contributed by atoms with Crippen LogP contribution in [-0.4, -0.2) is 23.5 Å². The molecule has 0 aliphatic heterocycles. The molecule has 6 nitrogen and oxygen atoms in total. The van der Waals surface area contributed by atoms with Gasteiger partial charge in [0.15, 0.2) is 0 Å². The molecule has 1 heterocycles. The van der Waals surface area contributed by atoms with Crippen molar-refractivity contribution in [2.24, 2.45) is 0 Å². The van der Waals surface area contributed by atoms with Gasteiger partial charge in [-0.1, -0.05) is 13.0 Å². The van der Waals surface area contributed by atoms with Crippen LogP contribution in [0.3, 0.4) is 0 Å². The van der Waals surface area contributed by atoms with E-state index in [1.165, 1.54) is 0 Å². The van der Waals surface area contributed by atoms with E-state index in [9.17, 15) is 14.4 Å². The second-order valence-corrected chi connectivity index (χ2v) is 5.52. The number of hydrogen-bond acceptors (Lipinski definition) is 4. The molecule has 0 aliphatic carbocycles. The number of rotatable bonds is 6. The smallest absolute Gasteiger partial charge is 0.306 e. The molecular weight excluding hydrogens is 308 g/mol. The molecule has 0 saturated carbocycles. The van der Waals surface area contributed by atoms with E-state index in [-0.39, 0.29) is 24.3 Å². The van der Waals surface area contributed by atoms with Crippen molar-refractivity contribution in [1.29, 1.82) is 0 Å². The van der Waals surface area contributed by atoms with Crippen LogP contribution in [-0.2, 0) is 20.7 Å². The molecule has 2 aromatic rings. The molecule has 0 saturated heterocycles. The lowest BCUT2D eigenvalue weighted by molar-refractivity contribution is -0.144. The summed E-state index contributed by atoms with van der Waals surface area (Å²) in [5, 5.41) is 3.68. The zero-order valence-corrected chi connectivity index (χ0v) is 14.2. The predicted octanol–water partition coefficient (Wildman–Crippen LogP) is 2.68. The highest BCUT2D eigenvalue weighted by atomic mass is 16.5. The van der Waals surface area contributed by atoms with E-state index in [2.05, 4.69) is 10.3 Å². The summed E-state index contributed by atoms with van der Waals surface area (Å²) in [6.07, 6.45) is 0.772. The summed E-state index contributed by atoms with van der Waals surface area (Å²) in [7, 11) is 0. The molecule has 1 aromatic heterocycles. The van der Waals surface area contributed by atoms with E-state index in [0.29, 0.717) is 24.2 Å². The third-order valence-corrected chi connectivity index (χ3v) is 3.90. The Morgan fingerprint density at radius 1 is 1.21 bits per heavy atom. The van der Waals surface area contributed by atoms with Gasteiger partial charge in [0.2, 0.25) is 5.91 Å². The second-order valence-electron chi connectivity index (χ2n) is 5.52. The van der Waals surface area contributed by atoms with Gasteiger partial charge in [-0.15, -0.1) is 0 Å². The maximum Gasteiger partial charge on any atom is 0.306 e. The number of aromatic nitrogens is 1. The number of carbonyl (C=O) groups excluding carboxylic acids is 2. The van der Waals surface area contributed by atoms with Crippen LogP contribution in [0.25, 0.3) is 10.9 Å². The van der Waals surface area contributed by atoms with Gasteiger partial charge in [-0.3, -0.25) is 14.4 Å². The first-order chi connectivity index (χ1) is 11.5. The lowest BCUT2D eigenvalue weighted by atomic mass is 10.0. The van der Waals surface area contributed by atoms with Crippen molar-refractivity contribution >= 4 is 28.5 Å². The van der Waals surface area contributed by atoms with E-state index >= 15 is 0 Å². The van der Waals surface area contributed by atoms with Gasteiger partial charge in [-0.2, -0.15) is 0 Å². The number of anilines is 1. The van der Waals surface area contributed by atoms with Crippen molar-refractivity contribution in [1.82, 2.24) is 4.98 Å². The zero-order chi connectivity index (χ0) is 17.7. The third kappa shape index (κ3) is 4.01. The van der Waals surface area contributed by atoms with Crippen molar-refractivity contribution in [3.8, 4) is 0 Å². The molecule has 0 radical (unpaired) electrons. The summed E-state index contributed by atoms with van der Waals surface area (Å²) in [5.74, 6) is -0.662. The van der Waals surface area contributed by atoms with E-state index in [1.807, 2.05) is 19.9 Å². The molecule has 0 atom stereocenters. The molecule has 0 unspecified atom stereocenters. The van der Waals surface area contributed by atoms with Crippen molar-refractivity contribution < 1.29 is 14.3 Å². The molecule has 0 bridgehead atoms. The second kappa shape index (κ2) is 7.77. The Labute approximate surface area is 140 Å². The average molecular weight is 330 g/mol. The SMILES string of the molecule is CCOC(=O)CCC(=O)Nc1ccc2c(C)c(CC)c(=O)[nH]c2c1. The zero-order valence-electron chi connectivity index (χ0n) is 14.2. The molecule has 2 N–H and O–H groups in total. The quantitative estimate of drug-likeness (QED) is 0.797. The van der Waals surface area contributed by atoms with E-state index in [1.54, 1.807) is 19.1 Å². The van der Waals surface area contributed by atoms with Crippen molar-refractivity contribution in [2.45, 2.75) is 40.0 Å². The Morgan fingerprint density at radius 3 is 2.62 bits per heavy atom. The van der Waals surface area contributed by atoms with Gasteiger partial charge in [0.05, 0.1) is 18.5 Å². The molecule has 0 spiro atoms. The molecule has 128 valence electrons. The van der Waals surface area contributed by atoms with Crippen LogP contribution in [0.15, 0.2) is 23.0 Å². The van der Waals surface area contributed by atoms with Crippen LogP contribution in [0.5, 0.6) is 0 Å².